The van der Waals surface area contributed by atoms with Gasteiger partial charge >= 0.3 is 6.03 Å². The lowest BCUT2D eigenvalue weighted by molar-refractivity contribution is 0.0492. The fraction of sp³-hybridized carbons (Fsp3) is 0.294. The summed E-state index contributed by atoms with van der Waals surface area (Å²) >= 11 is 5.97. The van der Waals surface area contributed by atoms with Gasteiger partial charge in [0.2, 0.25) is 0 Å². The summed E-state index contributed by atoms with van der Waals surface area (Å²) in [5.74, 6) is 1.33. The number of amides is 2. The van der Waals surface area contributed by atoms with Crippen LogP contribution in [0.15, 0.2) is 36.5 Å². The zero-order valence-electron chi connectivity index (χ0n) is 13.5. The molecular formula is C17H18ClN3O3. The number of carbonyl (C=O) groups is 1. The van der Waals surface area contributed by atoms with Crippen LogP contribution in [0.5, 0.6) is 11.5 Å². The van der Waals surface area contributed by atoms with E-state index < -0.39 is 0 Å². The van der Waals surface area contributed by atoms with Crippen LogP contribution in [0.2, 0.25) is 5.02 Å². The first-order chi connectivity index (χ1) is 11.5. The highest BCUT2D eigenvalue weighted by Crippen LogP contribution is 2.28. The van der Waals surface area contributed by atoms with Crippen LogP contribution < -0.4 is 14.8 Å². The molecule has 126 valence electrons. The zero-order chi connectivity index (χ0) is 17.1. The van der Waals surface area contributed by atoms with E-state index in [1.165, 1.54) is 0 Å². The van der Waals surface area contributed by atoms with Crippen molar-refractivity contribution in [1.82, 2.24) is 9.88 Å². The molecule has 0 spiro atoms. The van der Waals surface area contributed by atoms with E-state index in [0.29, 0.717) is 29.5 Å². The van der Waals surface area contributed by atoms with Gasteiger partial charge in [0.15, 0.2) is 0 Å². The highest BCUT2D eigenvalue weighted by atomic mass is 35.5. The molecule has 1 saturated heterocycles. The summed E-state index contributed by atoms with van der Waals surface area (Å²) < 4.78 is 11.0. The fourth-order valence-corrected chi connectivity index (χ4v) is 2.61. The van der Waals surface area contributed by atoms with Crippen molar-refractivity contribution in [2.75, 3.05) is 25.5 Å². The SMILES string of the molecule is COc1ccc(Cl)cc1NC(=O)N1CC(Oc2ccnc(C)c2)C1. The van der Waals surface area contributed by atoms with Gasteiger partial charge in [0.05, 0.1) is 25.9 Å². The van der Waals surface area contributed by atoms with Crippen LogP contribution in [-0.2, 0) is 0 Å². The quantitative estimate of drug-likeness (QED) is 0.921. The number of halogens is 1. The lowest BCUT2D eigenvalue weighted by Gasteiger charge is -2.38. The van der Waals surface area contributed by atoms with E-state index in [1.54, 1.807) is 36.4 Å². The van der Waals surface area contributed by atoms with Crippen LogP contribution in [0.3, 0.4) is 0 Å². The predicted molar refractivity (Wildman–Crippen MR) is 92.0 cm³/mol. The van der Waals surface area contributed by atoms with Gasteiger partial charge in [0.25, 0.3) is 0 Å². The molecule has 6 nitrogen and oxygen atoms in total. The molecule has 1 aromatic heterocycles. The van der Waals surface area contributed by atoms with E-state index in [-0.39, 0.29) is 12.1 Å². The van der Waals surface area contributed by atoms with Crippen molar-refractivity contribution < 1.29 is 14.3 Å². The van der Waals surface area contributed by atoms with Gasteiger partial charge in [-0.1, -0.05) is 11.6 Å². The molecule has 0 radical (unpaired) electrons. The van der Waals surface area contributed by atoms with Crippen LogP contribution in [0.1, 0.15) is 5.69 Å². The Morgan fingerprint density at radius 1 is 1.33 bits per heavy atom. The Balaban J connectivity index is 1.54. The number of hydrogen-bond acceptors (Lipinski definition) is 4. The standard InChI is InChI=1S/C17H18ClN3O3/c1-11-7-13(5-6-19-11)24-14-9-21(10-14)17(22)20-15-8-12(18)3-4-16(15)23-2/h3-8,14H,9-10H2,1-2H3,(H,20,22). The Hall–Kier alpha value is -2.47. The first-order valence-electron chi connectivity index (χ1n) is 7.54. The third-order valence-corrected chi connectivity index (χ3v) is 3.94. The van der Waals surface area contributed by atoms with Gasteiger partial charge in [-0.15, -0.1) is 0 Å². The van der Waals surface area contributed by atoms with Crippen LogP contribution in [0.4, 0.5) is 10.5 Å². The number of nitrogens with one attached hydrogen (secondary N) is 1. The first kappa shape index (κ1) is 16.4. The number of benzene rings is 1. The molecule has 2 amide bonds. The van der Waals surface area contributed by atoms with Crippen molar-refractivity contribution in [1.29, 1.82) is 0 Å². The molecule has 7 heteroatoms. The highest BCUT2D eigenvalue weighted by molar-refractivity contribution is 6.31. The lowest BCUT2D eigenvalue weighted by atomic mass is 10.2. The van der Waals surface area contributed by atoms with E-state index in [4.69, 9.17) is 21.1 Å². The molecular weight excluding hydrogens is 330 g/mol. The Morgan fingerprint density at radius 2 is 2.12 bits per heavy atom. The van der Waals surface area contributed by atoms with Crippen molar-refractivity contribution in [3.05, 3.63) is 47.2 Å². The average molecular weight is 348 g/mol. The summed E-state index contributed by atoms with van der Waals surface area (Å²) in [6, 6.07) is 8.56. The molecule has 2 aromatic rings. The van der Waals surface area contributed by atoms with Crippen molar-refractivity contribution >= 4 is 23.3 Å². The predicted octanol–water partition coefficient (Wildman–Crippen LogP) is 3.35. The molecule has 0 saturated carbocycles. The summed E-state index contributed by atoms with van der Waals surface area (Å²) in [7, 11) is 1.54. The van der Waals surface area contributed by atoms with Crippen molar-refractivity contribution in [3.8, 4) is 11.5 Å². The van der Waals surface area contributed by atoms with Crippen molar-refractivity contribution in [2.45, 2.75) is 13.0 Å². The fourth-order valence-electron chi connectivity index (χ4n) is 2.44. The molecule has 0 unspecified atom stereocenters. The third kappa shape index (κ3) is 3.71. The number of carbonyl (C=O) groups excluding carboxylic acids is 1. The van der Waals surface area contributed by atoms with Crippen LogP contribution in [0.25, 0.3) is 0 Å². The molecule has 0 atom stereocenters. The lowest BCUT2D eigenvalue weighted by Crippen LogP contribution is -2.57. The van der Waals surface area contributed by atoms with E-state index >= 15 is 0 Å². The molecule has 1 aliphatic heterocycles. The highest BCUT2D eigenvalue weighted by Gasteiger charge is 2.32. The second kappa shape index (κ2) is 6.97. The van der Waals surface area contributed by atoms with E-state index in [1.807, 2.05) is 19.1 Å². The maximum absolute atomic E-state index is 12.3. The minimum Gasteiger partial charge on any atom is -0.495 e. The number of aryl methyl sites for hydroxylation is 1. The summed E-state index contributed by atoms with van der Waals surface area (Å²) in [5.41, 5.74) is 1.44. The van der Waals surface area contributed by atoms with Gasteiger partial charge in [-0.2, -0.15) is 0 Å². The zero-order valence-corrected chi connectivity index (χ0v) is 14.2. The molecule has 1 aliphatic rings. The Labute approximate surface area is 145 Å². The molecule has 1 aromatic carbocycles. The Bertz CT molecular complexity index is 748. The Kier molecular flexibility index (Phi) is 4.76. The number of rotatable bonds is 4. The molecule has 0 bridgehead atoms. The number of anilines is 1. The van der Waals surface area contributed by atoms with Gasteiger partial charge in [-0.25, -0.2) is 4.79 Å². The number of methoxy groups -OCH3 is 1. The second-order valence-electron chi connectivity index (χ2n) is 5.55. The monoisotopic (exact) mass is 347 g/mol. The number of urea groups is 1. The number of nitrogens with zero attached hydrogens (tertiary/aromatic N) is 2. The second-order valence-corrected chi connectivity index (χ2v) is 5.99. The van der Waals surface area contributed by atoms with E-state index in [2.05, 4.69) is 10.3 Å². The van der Waals surface area contributed by atoms with Gasteiger partial charge in [-0.05, 0) is 31.2 Å². The molecule has 1 N–H and O–H groups in total. The van der Waals surface area contributed by atoms with Crippen LogP contribution >= 0.6 is 11.6 Å². The van der Waals surface area contributed by atoms with Gasteiger partial charge in [0, 0.05) is 23.0 Å². The average Bonchev–Trinajstić information content (AvgIpc) is 2.50. The smallest absolute Gasteiger partial charge is 0.322 e. The topological polar surface area (TPSA) is 63.7 Å². The summed E-state index contributed by atoms with van der Waals surface area (Å²) in [5, 5.41) is 3.34. The van der Waals surface area contributed by atoms with E-state index in [0.717, 1.165) is 11.4 Å². The normalized spacial score (nSPS) is 14.0. The van der Waals surface area contributed by atoms with Gasteiger partial charge in [0.1, 0.15) is 17.6 Å². The number of likely N-dealkylation sites (tertiary alicyclic amines) is 1. The molecule has 2 heterocycles. The van der Waals surface area contributed by atoms with Gasteiger partial charge < -0.3 is 19.7 Å². The number of pyridine rings is 1. The molecule has 24 heavy (non-hydrogen) atoms. The number of aromatic nitrogens is 1. The van der Waals surface area contributed by atoms with E-state index in [9.17, 15) is 4.79 Å². The third-order valence-electron chi connectivity index (χ3n) is 3.71. The minimum atomic E-state index is -0.207. The molecule has 1 fully saturated rings. The van der Waals surface area contributed by atoms with Crippen LogP contribution in [0, 0.1) is 6.92 Å². The summed E-state index contributed by atoms with van der Waals surface area (Å²) in [6.45, 7) is 2.96. The minimum absolute atomic E-state index is 0.0150. The summed E-state index contributed by atoms with van der Waals surface area (Å²) in [6.07, 6.45) is 1.69. The van der Waals surface area contributed by atoms with Crippen LogP contribution in [-0.4, -0.2) is 42.2 Å². The number of ether oxygens (including phenoxy) is 2. The maximum Gasteiger partial charge on any atom is 0.322 e. The number of hydrogen-bond donors (Lipinski definition) is 1. The maximum atomic E-state index is 12.3. The molecule has 3 rings (SSSR count). The first-order valence-corrected chi connectivity index (χ1v) is 7.92. The summed E-state index contributed by atoms with van der Waals surface area (Å²) in [4.78, 5) is 18.1. The largest absolute Gasteiger partial charge is 0.495 e. The van der Waals surface area contributed by atoms with Crippen molar-refractivity contribution in [3.63, 3.8) is 0 Å². The van der Waals surface area contributed by atoms with Crippen molar-refractivity contribution in [2.24, 2.45) is 0 Å². The molecule has 0 aliphatic carbocycles. The Morgan fingerprint density at radius 3 is 2.83 bits per heavy atom. The van der Waals surface area contributed by atoms with Gasteiger partial charge in [-0.3, -0.25) is 4.98 Å².